The predicted molar refractivity (Wildman–Crippen MR) is 72.3 cm³/mol. The largest absolute Gasteiger partial charge is 0.478 e. The fraction of sp³-hybridized carbons (Fsp3) is 0.500. The Morgan fingerprint density at radius 1 is 1.26 bits per heavy atom. The van der Waals surface area contributed by atoms with Gasteiger partial charge in [-0.2, -0.15) is 0 Å². The Kier molecular flexibility index (Phi) is 3.67. The maximum atomic E-state index is 12.3. The number of sulfone groups is 1. The Labute approximate surface area is 113 Å². The highest BCUT2D eigenvalue weighted by molar-refractivity contribution is 7.91. The van der Waals surface area contributed by atoms with Gasteiger partial charge in [0, 0.05) is 0 Å². The molecule has 1 aliphatic carbocycles. The Bertz CT molecular complexity index is 613. The molecular weight excluding hydrogens is 264 g/mol. The lowest BCUT2D eigenvalue weighted by atomic mass is 10.1. The summed E-state index contributed by atoms with van der Waals surface area (Å²) in [6.07, 6.45) is 2.91. The van der Waals surface area contributed by atoms with Gasteiger partial charge in [0.25, 0.3) is 0 Å². The predicted octanol–water partition coefficient (Wildman–Crippen LogP) is 2.58. The van der Waals surface area contributed by atoms with Crippen LogP contribution in [0.1, 0.15) is 40.7 Å². The van der Waals surface area contributed by atoms with Crippen molar-refractivity contribution in [3.8, 4) is 0 Å². The van der Waals surface area contributed by atoms with Crippen LogP contribution in [0.2, 0.25) is 0 Å². The summed E-state index contributed by atoms with van der Waals surface area (Å²) in [4.78, 5) is 11.3. The first kappa shape index (κ1) is 14.1. The summed E-state index contributed by atoms with van der Waals surface area (Å²) in [5.41, 5.74) is 1.28. The van der Waals surface area contributed by atoms with Crippen molar-refractivity contribution < 1.29 is 18.3 Å². The van der Waals surface area contributed by atoms with Gasteiger partial charge in [0.1, 0.15) is 0 Å². The molecule has 5 heteroatoms. The number of carbonyl (C=O) groups is 1. The Morgan fingerprint density at radius 2 is 1.89 bits per heavy atom. The minimum Gasteiger partial charge on any atom is -0.478 e. The molecule has 104 valence electrons. The zero-order valence-corrected chi connectivity index (χ0v) is 12.0. The van der Waals surface area contributed by atoms with Crippen LogP contribution in [-0.2, 0) is 9.84 Å². The van der Waals surface area contributed by atoms with Gasteiger partial charge >= 0.3 is 5.97 Å². The molecule has 1 aliphatic rings. The molecule has 1 aromatic carbocycles. The molecule has 0 aromatic heterocycles. The van der Waals surface area contributed by atoms with Crippen molar-refractivity contribution >= 4 is 15.8 Å². The first-order chi connectivity index (χ1) is 8.81. The smallest absolute Gasteiger partial charge is 0.335 e. The summed E-state index contributed by atoms with van der Waals surface area (Å²) >= 11 is 0. The molecule has 0 radical (unpaired) electrons. The van der Waals surface area contributed by atoms with E-state index in [1.165, 1.54) is 6.07 Å². The number of aryl methyl sites for hydroxylation is 2. The molecule has 19 heavy (non-hydrogen) atoms. The lowest BCUT2D eigenvalue weighted by Crippen LogP contribution is -2.11. The molecule has 1 aromatic rings. The first-order valence-corrected chi connectivity index (χ1v) is 8.04. The van der Waals surface area contributed by atoms with Crippen LogP contribution in [0.5, 0.6) is 0 Å². The molecule has 0 spiro atoms. The number of aromatic carboxylic acids is 1. The fourth-order valence-electron chi connectivity index (χ4n) is 2.24. The van der Waals surface area contributed by atoms with Crippen molar-refractivity contribution in [2.45, 2.75) is 38.0 Å². The second-order valence-corrected chi connectivity index (χ2v) is 7.37. The third-order valence-corrected chi connectivity index (χ3v) is 5.46. The Hall–Kier alpha value is -1.36. The van der Waals surface area contributed by atoms with Gasteiger partial charge in [-0.15, -0.1) is 0 Å². The van der Waals surface area contributed by atoms with Crippen LogP contribution in [0.3, 0.4) is 0 Å². The van der Waals surface area contributed by atoms with Gasteiger partial charge in [0.15, 0.2) is 9.84 Å². The molecular formula is C14H18O4S. The number of rotatable bonds is 5. The van der Waals surface area contributed by atoms with Crippen LogP contribution in [0.25, 0.3) is 0 Å². The normalized spacial score (nSPS) is 15.5. The van der Waals surface area contributed by atoms with Crippen molar-refractivity contribution in [3.63, 3.8) is 0 Å². The lowest BCUT2D eigenvalue weighted by molar-refractivity contribution is 0.0696. The number of carboxylic acids is 1. The van der Waals surface area contributed by atoms with Gasteiger partial charge in [-0.05, 0) is 43.4 Å². The molecule has 0 bridgehead atoms. The molecule has 1 N–H and O–H groups in total. The molecule has 1 saturated carbocycles. The van der Waals surface area contributed by atoms with Crippen molar-refractivity contribution in [3.05, 3.63) is 28.8 Å². The van der Waals surface area contributed by atoms with E-state index in [9.17, 15) is 13.2 Å². The van der Waals surface area contributed by atoms with Gasteiger partial charge in [0.05, 0.1) is 16.2 Å². The number of carboxylic acid groups (broad SMARTS) is 1. The maximum absolute atomic E-state index is 12.3. The zero-order chi connectivity index (χ0) is 14.2. The van der Waals surface area contributed by atoms with E-state index >= 15 is 0 Å². The topological polar surface area (TPSA) is 71.4 Å². The van der Waals surface area contributed by atoms with Gasteiger partial charge in [-0.1, -0.05) is 18.9 Å². The lowest BCUT2D eigenvalue weighted by Gasteiger charge is -2.10. The van der Waals surface area contributed by atoms with Crippen LogP contribution >= 0.6 is 0 Å². The molecule has 0 saturated heterocycles. The fourth-order valence-corrected chi connectivity index (χ4v) is 3.95. The van der Waals surface area contributed by atoms with Crippen molar-refractivity contribution in [2.24, 2.45) is 5.92 Å². The molecule has 0 unspecified atom stereocenters. The van der Waals surface area contributed by atoms with Gasteiger partial charge in [0.2, 0.25) is 0 Å². The molecule has 0 aliphatic heterocycles. The van der Waals surface area contributed by atoms with Crippen LogP contribution in [-0.4, -0.2) is 25.2 Å². The molecule has 0 amide bonds. The quantitative estimate of drug-likeness (QED) is 0.901. The summed E-state index contributed by atoms with van der Waals surface area (Å²) in [7, 11) is -3.38. The minimum absolute atomic E-state index is 0.0654. The third kappa shape index (κ3) is 3.15. The standard InChI is InChI=1S/C14H18O4S/c1-9-7-10(2)13(8-12(9)14(15)16)19(17,18)6-5-11-3-4-11/h7-8,11H,3-6H2,1-2H3,(H,15,16). The average molecular weight is 282 g/mol. The Morgan fingerprint density at radius 3 is 2.42 bits per heavy atom. The summed E-state index contributed by atoms with van der Waals surface area (Å²) in [6, 6.07) is 2.93. The zero-order valence-electron chi connectivity index (χ0n) is 11.1. The summed E-state index contributed by atoms with van der Waals surface area (Å²) in [5.74, 6) is -0.434. The van der Waals surface area contributed by atoms with Crippen molar-refractivity contribution in [1.29, 1.82) is 0 Å². The number of benzene rings is 1. The van der Waals surface area contributed by atoms with E-state index in [0.717, 1.165) is 12.8 Å². The van der Waals surface area contributed by atoms with Crippen LogP contribution < -0.4 is 0 Å². The van der Waals surface area contributed by atoms with Crippen molar-refractivity contribution in [1.82, 2.24) is 0 Å². The van der Waals surface area contributed by atoms with E-state index in [4.69, 9.17) is 5.11 Å². The highest BCUT2D eigenvalue weighted by Crippen LogP contribution is 2.33. The maximum Gasteiger partial charge on any atom is 0.335 e. The van der Waals surface area contributed by atoms with Crippen LogP contribution in [0, 0.1) is 19.8 Å². The second-order valence-electron chi connectivity index (χ2n) is 5.29. The molecule has 4 nitrogen and oxygen atoms in total. The Balaban J connectivity index is 2.36. The summed E-state index contributed by atoms with van der Waals surface area (Å²) in [5, 5.41) is 9.08. The number of hydrogen-bond donors (Lipinski definition) is 1. The second kappa shape index (κ2) is 4.96. The van der Waals surface area contributed by atoms with E-state index in [0.29, 0.717) is 23.5 Å². The highest BCUT2D eigenvalue weighted by atomic mass is 32.2. The van der Waals surface area contributed by atoms with Gasteiger partial charge in [-0.3, -0.25) is 0 Å². The first-order valence-electron chi connectivity index (χ1n) is 6.38. The third-order valence-electron chi connectivity index (χ3n) is 3.58. The molecule has 0 heterocycles. The average Bonchev–Trinajstić information content (AvgIpc) is 3.09. The summed E-state index contributed by atoms with van der Waals surface area (Å²) in [6.45, 7) is 3.39. The van der Waals surface area contributed by atoms with Crippen LogP contribution in [0.15, 0.2) is 17.0 Å². The highest BCUT2D eigenvalue weighted by Gasteiger charge is 2.26. The van der Waals surface area contributed by atoms with Crippen LogP contribution in [0.4, 0.5) is 0 Å². The van der Waals surface area contributed by atoms with Crippen molar-refractivity contribution in [2.75, 3.05) is 5.75 Å². The van der Waals surface area contributed by atoms with E-state index < -0.39 is 15.8 Å². The summed E-state index contributed by atoms with van der Waals surface area (Å²) < 4.78 is 24.6. The van der Waals surface area contributed by atoms with E-state index in [-0.39, 0.29) is 16.2 Å². The van der Waals surface area contributed by atoms with E-state index in [1.54, 1.807) is 19.9 Å². The molecule has 2 rings (SSSR count). The van der Waals surface area contributed by atoms with Gasteiger partial charge in [-0.25, -0.2) is 13.2 Å². The molecule has 0 atom stereocenters. The number of hydrogen-bond acceptors (Lipinski definition) is 3. The monoisotopic (exact) mass is 282 g/mol. The van der Waals surface area contributed by atoms with E-state index in [1.807, 2.05) is 0 Å². The van der Waals surface area contributed by atoms with E-state index in [2.05, 4.69) is 0 Å². The minimum atomic E-state index is -3.38. The SMILES string of the molecule is Cc1cc(C)c(S(=O)(=O)CCC2CC2)cc1C(=O)O. The molecule has 1 fully saturated rings. The van der Waals surface area contributed by atoms with Gasteiger partial charge < -0.3 is 5.11 Å².